The molecule has 1 heterocycles. The van der Waals surface area contributed by atoms with Gasteiger partial charge in [0.15, 0.2) is 0 Å². The van der Waals surface area contributed by atoms with Crippen LogP contribution < -0.4 is 0 Å². The zero-order chi connectivity index (χ0) is 13.8. The second kappa shape index (κ2) is 5.99. The molecule has 0 N–H and O–H groups in total. The summed E-state index contributed by atoms with van der Waals surface area (Å²) in [5.41, 5.74) is 2.30. The van der Waals surface area contributed by atoms with Gasteiger partial charge in [0, 0.05) is 6.54 Å². The molecule has 3 nitrogen and oxygen atoms in total. The summed E-state index contributed by atoms with van der Waals surface area (Å²) in [6, 6.07) is 20.2. The van der Waals surface area contributed by atoms with E-state index >= 15 is 0 Å². The summed E-state index contributed by atoms with van der Waals surface area (Å²) in [5.74, 6) is -0.110. The van der Waals surface area contributed by atoms with Crippen LogP contribution in [0.3, 0.4) is 0 Å². The fourth-order valence-corrected chi connectivity index (χ4v) is 2.65. The molecule has 3 rings (SSSR count). The van der Waals surface area contributed by atoms with Crippen molar-refractivity contribution in [3.8, 4) is 0 Å². The van der Waals surface area contributed by atoms with Gasteiger partial charge in [-0.15, -0.1) is 0 Å². The van der Waals surface area contributed by atoms with E-state index in [0.717, 1.165) is 11.8 Å². The average Bonchev–Trinajstić information content (AvgIpc) is 2.92. The van der Waals surface area contributed by atoms with Crippen molar-refractivity contribution in [2.24, 2.45) is 5.92 Å². The van der Waals surface area contributed by atoms with Gasteiger partial charge in [0.25, 0.3) is 0 Å². The number of hydroxylamine groups is 2. The van der Waals surface area contributed by atoms with Crippen LogP contribution in [0.1, 0.15) is 17.2 Å². The number of hydrogen-bond donors (Lipinski definition) is 0. The van der Waals surface area contributed by atoms with Crippen LogP contribution in [0.25, 0.3) is 0 Å². The fourth-order valence-electron chi connectivity index (χ4n) is 2.65. The lowest BCUT2D eigenvalue weighted by molar-refractivity contribution is -0.141. The second-order valence-electron chi connectivity index (χ2n) is 5.01. The van der Waals surface area contributed by atoms with E-state index in [1.54, 1.807) is 0 Å². The summed E-state index contributed by atoms with van der Waals surface area (Å²) in [5, 5.41) is 1.92. The van der Waals surface area contributed by atoms with Crippen LogP contribution in [-0.2, 0) is 16.2 Å². The Hall–Kier alpha value is -1.97. The zero-order valence-corrected chi connectivity index (χ0v) is 11.2. The van der Waals surface area contributed by atoms with Gasteiger partial charge in [0.1, 0.15) is 6.29 Å². The summed E-state index contributed by atoms with van der Waals surface area (Å²) in [4.78, 5) is 17.0. The van der Waals surface area contributed by atoms with Crippen molar-refractivity contribution in [3.05, 3.63) is 71.8 Å². The molecule has 2 aromatic carbocycles. The van der Waals surface area contributed by atoms with Gasteiger partial charge in [-0.1, -0.05) is 60.7 Å². The molecule has 20 heavy (non-hydrogen) atoms. The first-order chi connectivity index (χ1) is 9.88. The Kier molecular flexibility index (Phi) is 3.90. The molecular weight excluding hydrogens is 250 g/mol. The van der Waals surface area contributed by atoms with Crippen molar-refractivity contribution in [1.82, 2.24) is 5.06 Å². The lowest BCUT2D eigenvalue weighted by Gasteiger charge is -2.24. The Labute approximate surface area is 118 Å². The summed E-state index contributed by atoms with van der Waals surface area (Å²) >= 11 is 0. The molecule has 1 fully saturated rings. The molecule has 0 aromatic heterocycles. The molecule has 0 amide bonds. The predicted octanol–water partition coefficient (Wildman–Crippen LogP) is 2.99. The molecule has 0 bridgehead atoms. The Balaban J connectivity index is 1.84. The highest BCUT2D eigenvalue weighted by molar-refractivity contribution is 5.56. The Morgan fingerprint density at radius 2 is 1.70 bits per heavy atom. The Bertz CT molecular complexity index is 556. The number of hydrogen-bond acceptors (Lipinski definition) is 3. The zero-order valence-electron chi connectivity index (χ0n) is 11.2. The molecule has 2 aromatic rings. The maximum Gasteiger partial charge on any atom is 0.127 e. The van der Waals surface area contributed by atoms with Crippen LogP contribution >= 0.6 is 0 Å². The van der Waals surface area contributed by atoms with Crippen LogP contribution in [0, 0.1) is 5.92 Å². The first-order valence-electron chi connectivity index (χ1n) is 6.82. The van der Waals surface area contributed by atoms with Gasteiger partial charge in [-0.25, -0.2) is 0 Å². The van der Waals surface area contributed by atoms with Crippen molar-refractivity contribution in [3.63, 3.8) is 0 Å². The quantitative estimate of drug-likeness (QED) is 0.798. The number of benzene rings is 2. The van der Waals surface area contributed by atoms with E-state index in [-0.39, 0.29) is 12.0 Å². The first-order valence-corrected chi connectivity index (χ1v) is 6.82. The number of rotatable bonds is 4. The molecule has 1 aliphatic rings. The van der Waals surface area contributed by atoms with Crippen molar-refractivity contribution in [1.29, 1.82) is 0 Å². The van der Waals surface area contributed by atoms with E-state index in [4.69, 9.17) is 4.84 Å². The normalized spacial score (nSPS) is 22.8. The Morgan fingerprint density at radius 1 is 1.05 bits per heavy atom. The monoisotopic (exact) mass is 267 g/mol. The predicted molar refractivity (Wildman–Crippen MR) is 76.7 cm³/mol. The van der Waals surface area contributed by atoms with Crippen molar-refractivity contribution in [2.75, 3.05) is 6.61 Å². The number of carbonyl (C=O) groups excluding carboxylic acids is 1. The highest BCUT2D eigenvalue weighted by Crippen LogP contribution is 2.35. The molecular formula is C17H17NO2. The molecule has 0 unspecified atom stereocenters. The average molecular weight is 267 g/mol. The van der Waals surface area contributed by atoms with Crippen LogP contribution in [-0.4, -0.2) is 18.0 Å². The van der Waals surface area contributed by atoms with Gasteiger partial charge >= 0.3 is 0 Å². The lowest BCUT2D eigenvalue weighted by atomic mass is 9.95. The van der Waals surface area contributed by atoms with Crippen molar-refractivity contribution in [2.45, 2.75) is 12.6 Å². The lowest BCUT2D eigenvalue weighted by Crippen LogP contribution is -2.24. The maximum absolute atomic E-state index is 11.3. The number of aldehydes is 1. The van der Waals surface area contributed by atoms with Gasteiger partial charge < -0.3 is 4.79 Å². The summed E-state index contributed by atoms with van der Waals surface area (Å²) in [6.45, 7) is 1.14. The van der Waals surface area contributed by atoms with Gasteiger partial charge in [-0.05, 0) is 11.1 Å². The van der Waals surface area contributed by atoms with Crippen LogP contribution in [0.5, 0.6) is 0 Å². The highest BCUT2D eigenvalue weighted by Gasteiger charge is 2.36. The van der Waals surface area contributed by atoms with E-state index in [1.165, 1.54) is 5.56 Å². The van der Waals surface area contributed by atoms with Gasteiger partial charge in [-0.2, -0.15) is 5.06 Å². The second-order valence-corrected chi connectivity index (χ2v) is 5.01. The molecule has 3 heteroatoms. The van der Waals surface area contributed by atoms with E-state index in [0.29, 0.717) is 13.2 Å². The smallest absolute Gasteiger partial charge is 0.127 e. The molecule has 0 spiro atoms. The Morgan fingerprint density at radius 3 is 2.35 bits per heavy atom. The van der Waals surface area contributed by atoms with Crippen LogP contribution in [0.4, 0.5) is 0 Å². The van der Waals surface area contributed by atoms with Crippen molar-refractivity contribution >= 4 is 6.29 Å². The van der Waals surface area contributed by atoms with E-state index < -0.39 is 0 Å². The number of carbonyl (C=O) groups is 1. The molecule has 1 saturated heterocycles. The van der Waals surface area contributed by atoms with Crippen molar-refractivity contribution < 1.29 is 9.63 Å². The first kappa shape index (κ1) is 13.0. The summed E-state index contributed by atoms with van der Waals surface area (Å²) in [6.07, 6.45) is 1.00. The minimum Gasteiger partial charge on any atom is -0.303 e. The molecule has 0 saturated carbocycles. The third-order valence-electron chi connectivity index (χ3n) is 3.65. The molecule has 0 aliphatic carbocycles. The third-order valence-corrected chi connectivity index (χ3v) is 3.65. The molecule has 0 radical (unpaired) electrons. The fraction of sp³-hybridized carbons (Fsp3) is 0.235. The SMILES string of the molecule is O=C[C@@H]1CON(Cc2ccccc2)[C@H]1c1ccccc1. The summed E-state index contributed by atoms with van der Waals surface area (Å²) < 4.78 is 0. The van der Waals surface area contributed by atoms with Crippen LogP contribution in [0.15, 0.2) is 60.7 Å². The van der Waals surface area contributed by atoms with Gasteiger partial charge in [0.05, 0.1) is 18.6 Å². The third kappa shape index (κ3) is 2.64. The standard InChI is InChI=1S/C17H17NO2/c19-12-16-13-20-18(11-14-7-3-1-4-8-14)17(16)15-9-5-2-6-10-15/h1-10,12,16-17H,11,13H2/t16-,17+/m1/s1. The minimum absolute atomic E-state index is 0.00564. The minimum atomic E-state index is -0.110. The maximum atomic E-state index is 11.3. The van der Waals surface area contributed by atoms with Gasteiger partial charge in [-0.3, -0.25) is 4.84 Å². The molecule has 1 aliphatic heterocycles. The number of nitrogens with zero attached hydrogens (tertiary/aromatic N) is 1. The van der Waals surface area contributed by atoms with E-state index in [1.807, 2.05) is 53.6 Å². The molecule has 102 valence electrons. The molecule has 2 atom stereocenters. The van der Waals surface area contributed by atoms with Crippen LogP contribution in [0.2, 0.25) is 0 Å². The highest BCUT2D eigenvalue weighted by atomic mass is 16.7. The largest absolute Gasteiger partial charge is 0.303 e. The van der Waals surface area contributed by atoms with E-state index in [2.05, 4.69) is 12.1 Å². The van der Waals surface area contributed by atoms with Gasteiger partial charge in [0.2, 0.25) is 0 Å². The van der Waals surface area contributed by atoms with E-state index in [9.17, 15) is 4.79 Å². The summed E-state index contributed by atoms with van der Waals surface area (Å²) in [7, 11) is 0. The topological polar surface area (TPSA) is 29.5 Å².